The predicted molar refractivity (Wildman–Crippen MR) is 75.0 cm³/mol. The van der Waals surface area contributed by atoms with E-state index in [9.17, 15) is 0 Å². The topological polar surface area (TPSA) is 42.7 Å². The normalized spacial score (nSPS) is 12.9. The van der Waals surface area contributed by atoms with Gasteiger partial charge in [-0.3, -0.25) is 4.68 Å². The molecule has 0 saturated carbocycles. The van der Waals surface area contributed by atoms with Gasteiger partial charge in [-0.15, -0.1) is 11.3 Å². The molecular formula is C12H17ClN4S. The second-order valence-corrected chi connectivity index (χ2v) is 5.44. The lowest BCUT2D eigenvalue weighted by atomic mass is 10.3. The van der Waals surface area contributed by atoms with Crippen LogP contribution in [0.15, 0.2) is 11.6 Å². The van der Waals surface area contributed by atoms with Gasteiger partial charge in [0.2, 0.25) is 0 Å². The minimum absolute atomic E-state index is 0.224. The molecule has 0 aromatic carbocycles. The fraction of sp³-hybridized carbons (Fsp3) is 0.500. The number of halogens is 1. The first kappa shape index (κ1) is 13.5. The number of nitrogens with zero attached hydrogens (tertiary/aromatic N) is 3. The minimum atomic E-state index is 0.224. The Bertz CT molecular complexity index is 506. The van der Waals surface area contributed by atoms with Gasteiger partial charge in [0.15, 0.2) is 0 Å². The smallest absolute Gasteiger partial charge is 0.109 e. The van der Waals surface area contributed by atoms with Gasteiger partial charge in [0.25, 0.3) is 0 Å². The molecule has 0 aliphatic rings. The van der Waals surface area contributed by atoms with E-state index >= 15 is 0 Å². The van der Waals surface area contributed by atoms with E-state index in [1.54, 1.807) is 11.3 Å². The average molecular weight is 285 g/mol. The lowest BCUT2D eigenvalue weighted by Gasteiger charge is -2.12. The second kappa shape index (κ2) is 5.82. The van der Waals surface area contributed by atoms with Gasteiger partial charge in [0, 0.05) is 24.7 Å². The van der Waals surface area contributed by atoms with Crippen LogP contribution >= 0.6 is 22.9 Å². The molecule has 0 radical (unpaired) electrons. The Morgan fingerprint density at radius 2 is 2.33 bits per heavy atom. The highest BCUT2D eigenvalue weighted by atomic mass is 35.5. The number of aryl methyl sites for hydroxylation is 2. The van der Waals surface area contributed by atoms with Gasteiger partial charge < -0.3 is 5.32 Å². The Labute approximate surface area is 116 Å². The van der Waals surface area contributed by atoms with Crippen molar-refractivity contribution in [2.24, 2.45) is 0 Å². The average Bonchev–Trinajstić information content (AvgIpc) is 2.97. The molecule has 0 spiro atoms. The zero-order valence-corrected chi connectivity index (χ0v) is 12.3. The summed E-state index contributed by atoms with van der Waals surface area (Å²) in [6, 6.07) is 0.224. The Hall–Kier alpha value is -0.910. The third kappa shape index (κ3) is 2.74. The molecule has 6 heteroatoms. The molecule has 1 unspecified atom stereocenters. The minimum Gasteiger partial charge on any atom is -0.302 e. The van der Waals surface area contributed by atoms with Crippen molar-refractivity contribution in [3.05, 3.63) is 33.0 Å². The van der Waals surface area contributed by atoms with Crippen LogP contribution in [0.5, 0.6) is 0 Å². The van der Waals surface area contributed by atoms with E-state index in [1.807, 2.05) is 23.2 Å². The molecule has 0 aliphatic heterocycles. The maximum atomic E-state index is 6.26. The Kier molecular flexibility index (Phi) is 4.37. The summed E-state index contributed by atoms with van der Waals surface area (Å²) in [7, 11) is 0. The van der Waals surface area contributed by atoms with Crippen LogP contribution in [0.1, 0.15) is 36.3 Å². The molecular weight excluding hydrogens is 268 g/mol. The molecule has 98 valence electrons. The highest BCUT2D eigenvalue weighted by molar-refractivity contribution is 7.09. The van der Waals surface area contributed by atoms with Gasteiger partial charge in [-0.25, -0.2) is 4.98 Å². The molecule has 1 atom stereocenters. The molecule has 2 heterocycles. The zero-order chi connectivity index (χ0) is 13.1. The van der Waals surface area contributed by atoms with Gasteiger partial charge in [-0.05, 0) is 20.8 Å². The largest absolute Gasteiger partial charge is 0.302 e. The third-order valence-corrected chi connectivity index (χ3v) is 4.30. The summed E-state index contributed by atoms with van der Waals surface area (Å²) in [5, 5.41) is 11.7. The van der Waals surface area contributed by atoms with Crippen molar-refractivity contribution < 1.29 is 0 Å². The fourth-order valence-corrected chi connectivity index (χ4v) is 2.70. The molecule has 2 rings (SSSR count). The monoisotopic (exact) mass is 284 g/mol. The first-order valence-corrected chi connectivity index (χ1v) is 7.23. The first-order chi connectivity index (χ1) is 8.63. The first-order valence-electron chi connectivity index (χ1n) is 5.98. The maximum Gasteiger partial charge on any atom is 0.109 e. The molecule has 0 bridgehead atoms. The van der Waals surface area contributed by atoms with Crippen molar-refractivity contribution in [1.29, 1.82) is 0 Å². The Morgan fingerprint density at radius 3 is 2.94 bits per heavy atom. The zero-order valence-electron chi connectivity index (χ0n) is 10.8. The quantitative estimate of drug-likeness (QED) is 0.917. The summed E-state index contributed by atoms with van der Waals surface area (Å²) in [6.07, 6.45) is 1.83. The van der Waals surface area contributed by atoms with Crippen LogP contribution in [-0.4, -0.2) is 14.8 Å². The molecule has 1 N–H and O–H groups in total. The van der Waals surface area contributed by atoms with Crippen LogP contribution < -0.4 is 5.32 Å². The molecule has 18 heavy (non-hydrogen) atoms. The van der Waals surface area contributed by atoms with E-state index in [2.05, 4.69) is 29.2 Å². The van der Waals surface area contributed by atoms with Crippen molar-refractivity contribution >= 4 is 22.9 Å². The fourth-order valence-electron chi connectivity index (χ4n) is 1.82. The summed E-state index contributed by atoms with van der Waals surface area (Å²) in [4.78, 5) is 4.30. The third-order valence-electron chi connectivity index (χ3n) is 2.85. The summed E-state index contributed by atoms with van der Waals surface area (Å²) in [5.74, 6) is 0. The van der Waals surface area contributed by atoms with Crippen LogP contribution in [0.25, 0.3) is 0 Å². The van der Waals surface area contributed by atoms with Crippen molar-refractivity contribution in [2.75, 3.05) is 0 Å². The van der Waals surface area contributed by atoms with Crippen LogP contribution in [-0.2, 0) is 13.1 Å². The molecule has 2 aromatic rings. The second-order valence-electron chi connectivity index (χ2n) is 4.13. The van der Waals surface area contributed by atoms with E-state index in [0.717, 1.165) is 28.0 Å². The Morgan fingerprint density at radius 1 is 1.56 bits per heavy atom. The number of rotatable bonds is 5. The van der Waals surface area contributed by atoms with E-state index in [-0.39, 0.29) is 6.04 Å². The SMILES string of the molecule is CCn1nc(C)c(Cl)c1CNC(C)c1nccs1. The summed E-state index contributed by atoms with van der Waals surface area (Å²) in [6.45, 7) is 7.63. The van der Waals surface area contributed by atoms with Gasteiger partial charge in [0.1, 0.15) is 5.01 Å². The van der Waals surface area contributed by atoms with Gasteiger partial charge in [-0.2, -0.15) is 5.10 Å². The highest BCUT2D eigenvalue weighted by Gasteiger charge is 2.14. The molecule has 2 aromatic heterocycles. The lowest BCUT2D eigenvalue weighted by molar-refractivity contribution is 0.529. The number of hydrogen-bond acceptors (Lipinski definition) is 4. The van der Waals surface area contributed by atoms with Crippen molar-refractivity contribution in [3.63, 3.8) is 0 Å². The number of hydrogen-bond donors (Lipinski definition) is 1. The maximum absolute atomic E-state index is 6.26. The van der Waals surface area contributed by atoms with Crippen LogP contribution in [0.4, 0.5) is 0 Å². The van der Waals surface area contributed by atoms with E-state index in [0.29, 0.717) is 6.54 Å². The molecule has 0 saturated heterocycles. The number of thiazole rings is 1. The molecule has 0 fully saturated rings. The molecule has 0 amide bonds. The standard InChI is InChI=1S/C12H17ClN4S/c1-4-17-10(11(13)8(2)16-17)7-15-9(3)12-14-5-6-18-12/h5-6,9,15H,4,7H2,1-3H3. The van der Waals surface area contributed by atoms with Gasteiger partial charge in [0.05, 0.1) is 22.5 Å². The Balaban J connectivity index is 2.06. The highest BCUT2D eigenvalue weighted by Crippen LogP contribution is 2.21. The van der Waals surface area contributed by atoms with Crippen molar-refractivity contribution in [3.8, 4) is 0 Å². The predicted octanol–water partition coefficient (Wildman–Crippen LogP) is 3.17. The summed E-state index contributed by atoms with van der Waals surface area (Å²) in [5.41, 5.74) is 1.93. The van der Waals surface area contributed by atoms with E-state index in [4.69, 9.17) is 11.6 Å². The number of aromatic nitrogens is 3. The summed E-state index contributed by atoms with van der Waals surface area (Å²) >= 11 is 7.92. The lowest BCUT2D eigenvalue weighted by Crippen LogP contribution is -2.20. The number of nitrogens with one attached hydrogen (secondary N) is 1. The van der Waals surface area contributed by atoms with Crippen molar-refractivity contribution in [1.82, 2.24) is 20.1 Å². The van der Waals surface area contributed by atoms with Gasteiger partial charge in [-0.1, -0.05) is 11.6 Å². The van der Waals surface area contributed by atoms with Crippen LogP contribution in [0.2, 0.25) is 5.02 Å². The van der Waals surface area contributed by atoms with E-state index < -0.39 is 0 Å². The van der Waals surface area contributed by atoms with Crippen molar-refractivity contribution in [2.45, 2.75) is 39.9 Å². The van der Waals surface area contributed by atoms with Crippen LogP contribution in [0.3, 0.4) is 0 Å². The molecule has 4 nitrogen and oxygen atoms in total. The van der Waals surface area contributed by atoms with E-state index in [1.165, 1.54) is 0 Å². The van der Waals surface area contributed by atoms with Crippen LogP contribution in [0, 0.1) is 6.92 Å². The van der Waals surface area contributed by atoms with Gasteiger partial charge >= 0.3 is 0 Å². The summed E-state index contributed by atoms with van der Waals surface area (Å²) < 4.78 is 1.94. The molecule has 0 aliphatic carbocycles.